The summed E-state index contributed by atoms with van der Waals surface area (Å²) >= 11 is 3.28. The van der Waals surface area contributed by atoms with Gasteiger partial charge in [0.05, 0.1) is 14.2 Å². The largest absolute Gasteiger partial charge is 0.493 e. The average Bonchev–Trinajstić information content (AvgIpc) is 2.58. The van der Waals surface area contributed by atoms with E-state index in [0.29, 0.717) is 21.5 Å². The van der Waals surface area contributed by atoms with Crippen molar-refractivity contribution in [1.82, 2.24) is 4.31 Å². The van der Waals surface area contributed by atoms with Gasteiger partial charge in [0.25, 0.3) is 0 Å². The van der Waals surface area contributed by atoms with E-state index in [1.165, 1.54) is 36.7 Å². The zero-order valence-electron chi connectivity index (χ0n) is 14.1. The van der Waals surface area contributed by atoms with Crippen molar-refractivity contribution in [2.45, 2.75) is 18.4 Å². The van der Waals surface area contributed by atoms with Crippen molar-refractivity contribution in [2.24, 2.45) is 0 Å². The fourth-order valence-corrected chi connectivity index (χ4v) is 4.81. The highest BCUT2D eigenvalue weighted by Gasteiger charge is 2.27. The SMILES string of the molecule is CCN(Cc1cccc(F)c1)S(=O)(=O)c1cc(OC)c(OC)cc1Br. The maximum atomic E-state index is 13.4. The van der Waals surface area contributed by atoms with Crippen molar-refractivity contribution >= 4 is 26.0 Å². The number of sulfonamides is 1. The first-order valence-corrected chi connectivity index (χ1v) is 9.72. The summed E-state index contributed by atoms with van der Waals surface area (Å²) in [5, 5.41) is 0. The molecule has 0 unspecified atom stereocenters. The molecule has 0 fully saturated rings. The molecule has 0 saturated heterocycles. The molecule has 2 aromatic carbocycles. The number of ether oxygens (including phenoxy) is 2. The van der Waals surface area contributed by atoms with E-state index in [4.69, 9.17) is 9.47 Å². The van der Waals surface area contributed by atoms with Crippen LogP contribution in [-0.4, -0.2) is 33.5 Å². The number of hydrogen-bond acceptors (Lipinski definition) is 4. The van der Waals surface area contributed by atoms with Crippen molar-refractivity contribution in [2.75, 3.05) is 20.8 Å². The monoisotopic (exact) mass is 431 g/mol. The molecule has 136 valence electrons. The van der Waals surface area contributed by atoms with E-state index < -0.39 is 15.8 Å². The predicted octanol–water partition coefficient (Wildman–Crippen LogP) is 3.82. The molecule has 0 aliphatic rings. The maximum absolute atomic E-state index is 13.4. The van der Waals surface area contributed by atoms with Gasteiger partial charge in [-0.05, 0) is 39.7 Å². The Bertz CT molecular complexity index is 858. The Morgan fingerprint density at radius 1 is 1.12 bits per heavy atom. The molecule has 0 amide bonds. The normalized spacial score (nSPS) is 11.6. The number of nitrogens with zero attached hydrogens (tertiary/aromatic N) is 1. The molecule has 0 spiro atoms. The Morgan fingerprint density at radius 3 is 2.32 bits per heavy atom. The van der Waals surface area contributed by atoms with E-state index in [2.05, 4.69) is 15.9 Å². The van der Waals surface area contributed by atoms with E-state index in [1.807, 2.05) is 0 Å². The Hall–Kier alpha value is -1.64. The maximum Gasteiger partial charge on any atom is 0.244 e. The Balaban J connectivity index is 2.44. The lowest BCUT2D eigenvalue weighted by Crippen LogP contribution is -2.30. The van der Waals surface area contributed by atoms with Gasteiger partial charge in [0.2, 0.25) is 10.0 Å². The second kappa shape index (κ2) is 8.16. The zero-order valence-corrected chi connectivity index (χ0v) is 16.5. The van der Waals surface area contributed by atoms with Gasteiger partial charge in [-0.25, -0.2) is 12.8 Å². The standard InChI is InChI=1S/C17H19BrFNO4S/c1-4-20(11-12-6-5-7-13(19)8-12)25(21,22)17-10-16(24-3)15(23-2)9-14(17)18/h5-10H,4,11H2,1-3H3. The van der Waals surface area contributed by atoms with Crippen LogP contribution >= 0.6 is 15.9 Å². The molecular formula is C17H19BrFNO4S. The molecule has 8 heteroatoms. The van der Waals surface area contributed by atoms with Gasteiger partial charge < -0.3 is 9.47 Å². The highest BCUT2D eigenvalue weighted by atomic mass is 79.9. The van der Waals surface area contributed by atoms with Gasteiger partial charge in [-0.2, -0.15) is 4.31 Å². The van der Waals surface area contributed by atoms with Crippen LogP contribution in [0.15, 0.2) is 45.8 Å². The lowest BCUT2D eigenvalue weighted by Gasteiger charge is -2.22. The van der Waals surface area contributed by atoms with E-state index in [1.54, 1.807) is 25.1 Å². The minimum absolute atomic E-state index is 0.0587. The molecule has 0 saturated carbocycles. The van der Waals surface area contributed by atoms with Crippen LogP contribution < -0.4 is 9.47 Å². The Morgan fingerprint density at radius 2 is 1.76 bits per heavy atom. The Labute approximate surface area is 155 Å². The molecule has 25 heavy (non-hydrogen) atoms. The molecule has 0 atom stereocenters. The lowest BCUT2D eigenvalue weighted by molar-refractivity contribution is 0.353. The molecule has 0 aliphatic carbocycles. The smallest absolute Gasteiger partial charge is 0.244 e. The van der Waals surface area contributed by atoms with Crippen LogP contribution in [0, 0.1) is 5.82 Å². The van der Waals surface area contributed by atoms with Crippen molar-refractivity contribution in [3.8, 4) is 11.5 Å². The topological polar surface area (TPSA) is 55.8 Å². The first kappa shape index (κ1) is 19.7. The third-order valence-corrected chi connectivity index (χ3v) is 6.54. The van der Waals surface area contributed by atoms with Gasteiger partial charge in [0.1, 0.15) is 10.7 Å². The minimum Gasteiger partial charge on any atom is -0.493 e. The van der Waals surface area contributed by atoms with E-state index in [-0.39, 0.29) is 18.0 Å². The van der Waals surface area contributed by atoms with E-state index >= 15 is 0 Å². The molecule has 0 aromatic heterocycles. The molecule has 0 aliphatic heterocycles. The van der Waals surface area contributed by atoms with Crippen LogP contribution in [-0.2, 0) is 16.6 Å². The first-order chi connectivity index (χ1) is 11.8. The quantitative estimate of drug-likeness (QED) is 0.668. The number of halogens is 2. The molecule has 2 aromatic rings. The predicted molar refractivity (Wildman–Crippen MR) is 96.9 cm³/mol. The Kier molecular flexibility index (Phi) is 6.42. The summed E-state index contributed by atoms with van der Waals surface area (Å²) in [6, 6.07) is 8.83. The summed E-state index contributed by atoms with van der Waals surface area (Å²) in [6.07, 6.45) is 0. The number of benzene rings is 2. The van der Waals surface area contributed by atoms with Crippen LogP contribution in [0.25, 0.3) is 0 Å². The summed E-state index contributed by atoms with van der Waals surface area (Å²) in [5.41, 5.74) is 0.571. The molecular weight excluding hydrogens is 413 g/mol. The highest BCUT2D eigenvalue weighted by molar-refractivity contribution is 9.10. The zero-order chi connectivity index (χ0) is 18.6. The minimum atomic E-state index is -3.82. The first-order valence-electron chi connectivity index (χ1n) is 7.49. The van der Waals surface area contributed by atoms with Crippen LogP contribution in [0.2, 0.25) is 0 Å². The molecule has 5 nitrogen and oxygen atoms in total. The van der Waals surface area contributed by atoms with Crippen molar-refractivity contribution in [3.63, 3.8) is 0 Å². The van der Waals surface area contributed by atoms with Crippen molar-refractivity contribution in [1.29, 1.82) is 0 Å². The van der Waals surface area contributed by atoms with Crippen LogP contribution in [0.4, 0.5) is 4.39 Å². The van der Waals surface area contributed by atoms with Crippen LogP contribution in [0.3, 0.4) is 0 Å². The van der Waals surface area contributed by atoms with E-state index in [0.717, 1.165) is 0 Å². The van der Waals surface area contributed by atoms with Gasteiger partial charge in [-0.1, -0.05) is 19.1 Å². The summed E-state index contributed by atoms with van der Waals surface area (Å²) in [5.74, 6) is 0.325. The molecule has 0 N–H and O–H groups in total. The summed E-state index contributed by atoms with van der Waals surface area (Å²) < 4.78 is 51.5. The van der Waals surface area contributed by atoms with Crippen LogP contribution in [0.5, 0.6) is 11.5 Å². The summed E-state index contributed by atoms with van der Waals surface area (Å²) in [7, 11) is -0.912. The van der Waals surface area contributed by atoms with E-state index in [9.17, 15) is 12.8 Å². The van der Waals surface area contributed by atoms with Gasteiger partial charge in [0, 0.05) is 23.6 Å². The van der Waals surface area contributed by atoms with Crippen molar-refractivity contribution < 1.29 is 22.3 Å². The number of hydrogen-bond donors (Lipinski definition) is 0. The van der Waals surface area contributed by atoms with Gasteiger partial charge in [0.15, 0.2) is 11.5 Å². The molecule has 0 bridgehead atoms. The van der Waals surface area contributed by atoms with Gasteiger partial charge >= 0.3 is 0 Å². The molecule has 2 rings (SSSR count). The fraction of sp³-hybridized carbons (Fsp3) is 0.294. The molecule has 0 radical (unpaired) electrons. The lowest BCUT2D eigenvalue weighted by atomic mass is 10.2. The number of methoxy groups -OCH3 is 2. The third-order valence-electron chi connectivity index (χ3n) is 3.66. The average molecular weight is 432 g/mol. The summed E-state index contributed by atoms with van der Waals surface area (Å²) in [6.45, 7) is 2.03. The van der Waals surface area contributed by atoms with Gasteiger partial charge in [-0.3, -0.25) is 0 Å². The molecule has 0 heterocycles. The second-order valence-electron chi connectivity index (χ2n) is 5.20. The van der Waals surface area contributed by atoms with Gasteiger partial charge in [-0.15, -0.1) is 0 Å². The van der Waals surface area contributed by atoms with Crippen LogP contribution in [0.1, 0.15) is 12.5 Å². The summed E-state index contributed by atoms with van der Waals surface area (Å²) in [4.78, 5) is 0.0587. The third kappa shape index (κ3) is 4.31. The number of rotatable bonds is 7. The van der Waals surface area contributed by atoms with Crippen molar-refractivity contribution in [3.05, 3.63) is 52.3 Å². The highest BCUT2D eigenvalue weighted by Crippen LogP contribution is 2.36. The fourth-order valence-electron chi connectivity index (χ4n) is 2.38. The second-order valence-corrected chi connectivity index (χ2v) is 7.96.